The predicted octanol–water partition coefficient (Wildman–Crippen LogP) is 1.69. The number of ether oxygens (including phenoxy) is 2. The van der Waals surface area contributed by atoms with Crippen LogP contribution in [0.15, 0.2) is 41.3 Å². The molecule has 0 saturated heterocycles. The van der Waals surface area contributed by atoms with Crippen molar-refractivity contribution in [3.8, 4) is 6.07 Å². The van der Waals surface area contributed by atoms with E-state index in [0.717, 1.165) is 6.07 Å². The van der Waals surface area contributed by atoms with Gasteiger partial charge in [-0.25, -0.2) is 10.1 Å². The second-order valence-electron chi connectivity index (χ2n) is 7.03. The van der Waals surface area contributed by atoms with Gasteiger partial charge in [0, 0.05) is 35.9 Å². The molecule has 0 aliphatic heterocycles. The molecule has 11 heteroatoms. The van der Waals surface area contributed by atoms with Gasteiger partial charge < -0.3 is 14.0 Å². The van der Waals surface area contributed by atoms with E-state index >= 15 is 0 Å². The fourth-order valence-electron chi connectivity index (χ4n) is 3.34. The number of hydrogen-bond donors (Lipinski definition) is 0. The van der Waals surface area contributed by atoms with Crippen molar-refractivity contribution in [2.75, 3.05) is 13.2 Å². The van der Waals surface area contributed by atoms with Crippen molar-refractivity contribution in [3.05, 3.63) is 85.2 Å². The van der Waals surface area contributed by atoms with Crippen molar-refractivity contribution >= 4 is 46.0 Å². The first kappa shape index (κ1) is 28.7. The summed E-state index contributed by atoms with van der Waals surface area (Å²) in [6.07, 6.45) is 1.28. The maximum absolute atomic E-state index is 15.0. The average Bonchev–Trinajstić information content (AvgIpc) is 2.79. The molecular weight excluding hydrogens is 509 g/mol. The van der Waals surface area contributed by atoms with Gasteiger partial charge in [0.25, 0.3) is 5.97 Å². The molecule has 2 aromatic carbocycles. The fraction of sp³-hybridized carbons (Fsp3) is 0.208. The van der Waals surface area contributed by atoms with Crippen LogP contribution in [0.2, 0.25) is 10.0 Å². The molecule has 1 aromatic heterocycles. The van der Waals surface area contributed by atoms with Crippen LogP contribution >= 0.6 is 23.2 Å². The second kappa shape index (κ2) is 12.4. The van der Waals surface area contributed by atoms with Gasteiger partial charge in [0.15, 0.2) is 0 Å². The van der Waals surface area contributed by atoms with E-state index in [1.54, 1.807) is 38.1 Å². The summed E-state index contributed by atoms with van der Waals surface area (Å²) < 4.78 is 26.3. The van der Waals surface area contributed by atoms with Crippen molar-refractivity contribution in [2.45, 2.75) is 20.4 Å². The molecule has 3 aromatic rings. The van der Waals surface area contributed by atoms with E-state index in [-0.39, 0.29) is 71.3 Å². The number of fused-ring (bicyclic) bond motifs is 1. The van der Waals surface area contributed by atoms with E-state index in [1.807, 2.05) is 0 Å². The Bertz CT molecular complexity index is 1390. The zero-order valence-electron chi connectivity index (χ0n) is 19.2. The van der Waals surface area contributed by atoms with Gasteiger partial charge in [-0.15, -0.1) is 11.6 Å². The molecule has 0 atom stereocenters. The molecule has 0 amide bonds. The number of pyridine rings is 1. The van der Waals surface area contributed by atoms with Gasteiger partial charge in [-0.2, -0.15) is 0 Å². The normalized spacial score (nSPS) is 10.3. The van der Waals surface area contributed by atoms with Crippen molar-refractivity contribution in [3.63, 3.8) is 0 Å². The SMILES string of the molecule is CCOC(=O)c1cn(Cc2ccc(Cl)c(Cl)c2)c2cc([C-](C#N)C(=O)OCC)c(F)cc2c1=O.[Na+]. The number of aromatic nitrogens is 1. The number of carbonyl (C=O) groups is 2. The van der Waals surface area contributed by atoms with Crippen molar-refractivity contribution in [2.24, 2.45) is 0 Å². The number of benzene rings is 2. The smallest absolute Gasteiger partial charge is 0.471 e. The molecule has 176 valence electrons. The Hall–Kier alpha value is -2.54. The standard InChI is InChI=1S/C24H18Cl2FN2O5.Na/c1-3-33-23(31)16(10-28)14-9-21-15(8-20(14)27)22(30)17(24(32)34-4-2)12-29(21)11-13-5-6-18(25)19(26)7-13;/h5-9,12H,3-4,11H2,1-2H3;/q-1;+1. The first-order valence-electron chi connectivity index (χ1n) is 10.1. The first-order chi connectivity index (χ1) is 16.2. The van der Waals surface area contributed by atoms with Gasteiger partial charge in [0.1, 0.15) is 5.56 Å². The quantitative estimate of drug-likeness (QED) is 0.264. The van der Waals surface area contributed by atoms with Crippen molar-refractivity contribution in [1.82, 2.24) is 4.57 Å². The van der Waals surface area contributed by atoms with Crippen LogP contribution in [0.25, 0.3) is 10.9 Å². The first-order valence-corrected chi connectivity index (χ1v) is 10.9. The summed E-state index contributed by atoms with van der Waals surface area (Å²) in [6.45, 7) is 3.27. The number of rotatable bonds is 7. The number of esters is 2. The molecule has 7 nitrogen and oxygen atoms in total. The Kier molecular flexibility index (Phi) is 10.2. The third-order valence-electron chi connectivity index (χ3n) is 4.86. The van der Waals surface area contributed by atoms with Gasteiger partial charge in [0.2, 0.25) is 5.43 Å². The van der Waals surface area contributed by atoms with Crippen LogP contribution in [0.4, 0.5) is 4.39 Å². The van der Waals surface area contributed by atoms with Gasteiger partial charge in [-0.1, -0.05) is 35.3 Å². The molecule has 0 aliphatic carbocycles. The fourth-order valence-corrected chi connectivity index (χ4v) is 3.66. The molecule has 1 heterocycles. The van der Waals surface area contributed by atoms with Crippen LogP contribution in [-0.2, 0) is 20.8 Å². The molecule has 0 N–H and O–H groups in total. The van der Waals surface area contributed by atoms with Gasteiger partial charge in [-0.3, -0.25) is 14.0 Å². The summed E-state index contributed by atoms with van der Waals surface area (Å²) in [7, 11) is 0. The number of nitrogens with zero attached hydrogens (tertiary/aromatic N) is 2. The molecule has 0 aliphatic rings. The van der Waals surface area contributed by atoms with Gasteiger partial charge in [-0.05, 0) is 37.1 Å². The van der Waals surface area contributed by atoms with Crippen LogP contribution in [-0.4, -0.2) is 29.7 Å². The van der Waals surface area contributed by atoms with Gasteiger partial charge >= 0.3 is 35.5 Å². The maximum Gasteiger partial charge on any atom is 1.00 e. The topological polar surface area (TPSA) is 98.4 Å². The predicted molar refractivity (Wildman–Crippen MR) is 124 cm³/mol. The molecule has 35 heavy (non-hydrogen) atoms. The Morgan fingerprint density at radius 3 is 2.40 bits per heavy atom. The Balaban J connectivity index is 0.00000432. The summed E-state index contributed by atoms with van der Waals surface area (Å²) in [4.78, 5) is 37.6. The largest absolute Gasteiger partial charge is 1.00 e. The van der Waals surface area contributed by atoms with Crippen molar-refractivity contribution < 1.29 is 53.0 Å². The van der Waals surface area contributed by atoms with Gasteiger partial charge in [0.05, 0.1) is 23.3 Å². The summed E-state index contributed by atoms with van der Waals surface area (Å²) in [6, 6.07) is 8.63. The molecule has 0 bridgehead atoms. The van der Waals surface area contributed by atoms with Crippen LogP contribution in [0.1, 0.15) is 35.3 Å². The van der Waals surface area contributed by atoms with Crippen LogP contribution in [0.3, 0.4) is 0 Å². The Morgan fingerprint density at radius 1 is 1.11 bits per heavy atom. The second-order valence-corrected chi connectivity index (χ2v) is 7.84. The molecule has 0 saturated carbocycles. The summed E-state index contributed by atoms with van der Waals surface area (Å²) >= 11 is 12.1. The molecule has 0 unspecified atom stereocenters. The Labute approximate surface area is 232 Å². The van der Waals surface area contributed by atoms with E-state index < -0.39 is 29.1 Å². The number of carbonyl (C=O) groups excluding carboxylic acids is 2. The van der Waals surface area contributed by atoms with E-state index in [9.17, 15) is 24.0 Å². The molecule has 0 radical (unpaired) electrons. The minimum atomic E-state index is -0.996. The summed E-state index contributed by atoms with van der Waals surface area (Å²) in [5, 5.41) is 9.96. The molecule has 0 fully saturated rings. The average molecular weight is 527 g/mol. The number of nitriles is 1. The minimum Gasteiger partial charge on any atom is -0.471 e. The van der Waals surface area contributed by atoms with Crippen LogP contribution in [0.5, 0.6) is 0 Å². The Morgan fingerprint density at radius 2 is 1.80 bits per heavy atom. The minimum absolute atomic E-state index is 0. The molecular formula is C24H18Cl2FN2NaO5. The van der Waals surface area contributed by atoms with E-state index in [2.05, 4.69) is 0 Å². The zero-order valence-corrected chi connectivity index (χ0v) is 22.7. The number of hydrogen-bond acceptors (Lipinski definition) is 6. The monoisotopic (exact) mass is 526 g/mol. The zero-order chi connectivity index (χ0) is 25.0. The van der Waals surface area contributed by atoms with Crippen molar-refractivity contribution in [1.29, 1.82) is 5.26 Å². The van der Waals surface area contributed by atoms with Crippen LogP contribution in [0, 0.1) is 23.1 Å². The van der Waals surface area contributed by atoms with E-state index in [1.165, 1.54) is 16.8 Å². The molecule has 0 spiro atoms. The maximum atomic E-state index is 15.0. The van der Waals surface area contributed by atoms with E-state index in [4.69, 9.17) is 32.7 Å². The summed E-state index contributed by atoms with van der Waals surface area (Å²) in [5.74, 6) is -3.40. The van der Waals surface area contributed by atoms with Crippen LogP contribution < -0.4 is 35.0 Å². The van der Waals surface area contributed by atoms with E-state index in [0.29, 0.717) is 15.6 Å². The molecule has 3 rings (SSSR count). The summed E-state index contributed by atoms with van der Waals surface area (Å²) in [5.41, 5.74) is -0.539. The third-order valence-corrected chi connectivity index (χ3v) is 5.60. The number of halogens is 3. The third kappa shape index (κ3) is 6.18.